The summed E-state index contributed by atoms with van der Waals surface area (Å²) in [6.07, 6.45) is 2.83. The van der Waals surface area contributed by atoms with E-state index in [0.29, 0.717) is 12.8 Å². The van der Waals surface area contributed by atoms with Crippen molar-refractivity contribution < 1.29 is 9.53 Å². The summed E-state index contributed by atoms with van der Waals surface area (Å²) in [4.78, 5) is 18.8. The topological polar surface area (TPSA) is 72.3 Å². The number of hydrogen-bond acceptors (Lipinski definition) is 5. The first-order valence-corrected chi connectivity index (χ1v) is 8.62. The Morgan fingerprint density at radius 2 is 2.04 bits per heavy atom. The molecule has 2 aromatic rings. The third-order valence-corrected chi connectivity index (χ3v) is 4.63. The highest BCUT2D eigenvalue weighted by Crippen LogP contribution is 2.17. The van der Waals surface area contributed by atoms with E-state index < -0.39 is 0 Å². The lowest BCUT2D eigenvalue weighted by Gasteiger charge is -2.27. The molecule has 0 spiro atoms. The highest BCUT2D eigenvalue weighted by atomic mass is 16.5. The lowest BCUT2D eigenvalue weighted by Crippen LogP contribution is -2.36. The molecule has 0 unspecified atom stereocenters. The maximum absolute atomic E-state index is 12.2. The summed E-state index contributed by atoms with van der Waals surface area (Å²) in [6.45, 7) is 7.17. The van der Waals surface area contributed by atoms with Gasteiger partial charge in [0, 0.05) is 32.3 Å². The third kappa shape index (κ3) is 4.17. The molecule has 3 heterocycles. The average molecular weight is 343 g/mol. The second kappa shape index (κ2) is 7.65. The summed E-state index contributed by atoms with van der Waals surface area (Å²) in [5, 5.41) is 7.30. The summed E-state index contributed by atoms with van der Waals surface area (Å²) in [7, 11) is 1.92. The number of carbonyl (C=O) groups excluding carboxylic acids is 1. The minimum atomic E-state index is -0.0106. The molecular formula is C18H25N5O2. The van der Waals surface area contributed by atoms with Gasteiger partial charge < -0.3 is 15.0 Å². The van der Waals surface area contributed by atoms with E-state index in [4.69, 9.17) is 4.74 Å². The first kappa shape index (κ1) is 17.4. The van der Waals surface area contributed by atoms with Crippen molar-refractivity contribution in [1.29, 1.82) is 0 Å². The number of carbonyl (C=O) groups is 1. The molecule has 1 fully saturated rings. The molecule has 0 saturated carbocycles. The van der Waals surface area contributed by atoms with Crippen molar-refractivity contribution in [2.45, 2.75) is 26.7 Å². The van der Waals surface area contributed by atoms with Crippen molar-refractivity contribution in [3.63, 3.8) is 0 Å². The van der Waals surface area contributed by atoms with Crippen LogP contribution in [0.4, 0.5) is 11.5 Å². The molecule has 134 valence electrons. The molecule has 0 aromatic carbocycles. The van der Waals surface area contributed by atoms with Crippen molar-refractivity contribution >= 4 is 17.4 Å². The fourth-order valence-corrected chi connectivity index (χ4v) is 3.08. The molecule has 1 N–H and O–H groups in total. The first-order chi connectivity index (χ1) is 12.0. The quantitative estimate of drug-likeness (QED) is 0.897. The van der Waals surface area contributed by atoms with Gasteiger partial charge in [0.1, 0.15) is 5.82 Å². The van der Waals surface area contributed by atoms with Crippen LogP contribution in [0.25, 0.3) is 0 Å². The number of rotatable bonds is 5. The zero-order chi connectivity index (χ0) is 17.8. The van der Waals surface area contributed by atoms with E-state index in [1.165, 1.54) is 0 Å². The smallest absolute Gasteiger partial charge is 0.224 e. The Morgan fingerprint density at radius 3 is 2.64 bits per heavy atom. The maximum Gasteiger partial charge on any atom is 0.224 e. The fraction of sp³-hybridized carbons (Fsp3) is 0.500. The van der Waals surface area contributed by atoms with Crippen LogP contribution in [0, 0.1) is 13.8 Å². The molecule has 0 bridgehead atoms. The molecule has 0 atom stereocenters. The second-order valence-electron chi connectivity index (χ2n) is 6.33. The predicted molar refractivity (Wildman–Crippen MR) is 96.9 cm³/mol. The van der Waals surface area contributed by atoms with Gasteiger partial charge in [-0.2, -0.15) is 5.10 Å². The number of amides is 1. The number of ether oxygens (including phenoxy) is 1. The van der Waals surface area contributed by atoms with Crippen LogP contribution < -0.4 is 10.2 Å². The lowest BCUT2D eigenvalue weighted by molar-refractivity contribution is -0.116. The van der Waals surface area contributed by atoms with Gasteiger partial charge in [0.2, 0.25) is 5.91 Å². The number of nitrogens with zero attached hydrogens (tertiary/aromatic N) is 4. The van der Waals surface area contributed by atoms with Crippen LogP contribution in [0.2, 0.25) is 0 Å². The number of aryl methyl sites for hydroxylation is 2. The normalized spacial score (nSPS) is 14.6. The molecule has 1 saturated heterocycles. The zero-order valence-electron chi connectivity index (χ0n) is 15.1. The molecule has 1 aliphatic heterocycles. The predicted octanol–water partition coefficient (Wildman–Crippen LogP) is 1.84. The van der Waals surface area contributed by atoms with Crippen molar-refractivity contribution in [3.8, 4) is 0 Å². The summed E-state index contributed by atoms with van der Waals surface area (Å²) >= 11 is 0. The minimum Gasteiger partial charge on any atom is -0.378 e. The molecule has 1 amide bonds. The third-order valence-electron chi connectivity index (χ3n) is 4.63. The number of nitrogens with one attached hydrogen (secondary N) is 1. The monoisotopic (exact) mass is 343 g/mol. The van der Waals surface area contributed by atoms with Gasteiger partial charge in [0.25, 0.3) is 0 Å². The Kier molecular flexibility index (Phi) is 5.33. The largest absolute Gasteiger partial charge is 0.378 e. The molecule has 7 heteroatoms. The van der Waals surface area contributed by atoms with Crippen LogP contribution in [0.3, 0.4) is 0 Å². The molecule has 3 rings (SSSR count). The van der Waals surface area contributed by atoms with Crippen LogP contribution >= 0.6 is 0 Å². The van der Waals surface area contributed by atoms with E-state index >= 15 is 0 Å². The van der Waals surface area contributed by atoms with Gasteiger partial charge in [-0.25, -0.2) is 4.98 Å². The van der Waals surface area contributed by atoms with Gasteiger partial charge in [0.05, 0.1) is 30.8 Å². The van der Waals surface area contributed by atoms with Crippen LogP contribution in [-0.2, 0) is 23.0 Å². The summed E-state index contributed by atoms with van der Waals surface area (Å²) in [5.41, 5.74) is 3.98. The van der Waals surface area contributed by atoms with E-state index in [9.17, 15) is 4.79 Å². The molecule has 0 radical (unpaired) electrons. The van der Waals surface area contributed by atoms with Gasteiger partial charge in [0.15, 0.2) is 0 Å². The SMILES string of the molecule is Cc1nn(C)c(C)c1CCC(=O)Nc1ccc(N2CCOCC2)nc1. The summed E-state index contributed by atoms with van der Waals surface area (Å²) in [5.74, 6) is 0.909. The summed E-state index contributed by atoms with van der Waals surface area (Å²) in [6, 6.07) is 3.84. The number of morpholine rings is 1. The molecular weight excluding hydrogens is 318 g/mol. The van der Waals surface area contributed by atoms with Crippen LogP contribution in [0.5, 0.6) is 0 Å². The van der Waals surface area contributed by atoms with Crippen LogP contribution in [-0.4, -0.2) is 47.0 Å². The average Bonchev–Trinajstić information content (AvgIpc) is 2.86. The first-order valence-electron chi connectivity index (χ1n) is 8.62. The number of anilines is 2. The van der Waals surface area contributed by atoms with Gasteiger partial charge >= 0.3 is 0 Å². The second-order valence-corrected chi connectivity index (χ2v) is 6.33. The molecule has 7 nitrogen and oxygen atoms in total. The van der Waals surface area contributed by atoms with Crippen molar-refractivity contribution in [1.82, 2.24) is 14.8 Å². The summed E-state index contributed by atoms with van der Waals surface area (Å²) < 4.78 is 7.20. The Hall–Kier alpha value is -2.41. The van der Waals surface area contributed by atoms with Crippen LogP contribution in [0.1, 0.15) is 23.4 Å². The zero-order valence-corrected chi connectivity index (χ0v) is 15.1. The highest BCUT2D eigenvalue weighted by molar-refractivity contribution is 5.90. The Labute approximate surface area is 148 Å². The number of pyridine rings is 1. The number of hydrogen-bond donors (Lipinski definition) is 1. The molecule has 1 aliphatic rings. The molecule has 2 aromatic heterocycles. The van der Waals surface area contributed by atoms with Gasteiger partial charge in [-0.15, -0.1) is 0 Å². The molecule has 25 heavy (non-hydrogen) atoms. The lowest BCUT2D eigenvalue weighted by atomic mass is 10.1. The van der Waals surface area contributed by atoms with Gasteiger partial charge in [-0.1, -0.05) is 0 Å². The Bertz CT molecular complexity index is 733. The van der Waals surface area contributed by atoms with E-state index in [1.807, 2.05) is 37.7 Å². The van der Waals surface area contributed by atoms with Crippen molar-refractivity contribution in [2.24, 2.45) is 7.05 Å². The molecule has 0 aliphatic carbocycles. The van der Waals surface area contributed by atoms with E-state index in [1.54, 1.807) is 6.20 Å². The Balaban J connectivity index is 1.54. The van der Waals surface area contributed by atoms with Gasteiger partial charge in [-0.05, 0) is 38.0 Å². The highest BCUT2D eigenvalue weighted by Gasteiger charge is 2.13. The number of aromatic nitrogens is 3. The van der Waals surface area contributed by atoms with Crippen molar-refractivity contribution in [3.05, 3.63) is 35.3 Å². The van der Waals surface area contributed by atoms with E-state index in [2.05, 4.69) is 20.3 Å². The van der Waals surface area contributed by atoms with Crippen LogP contribution in [0.15, 0.2) is 18.3 Å². The maximum atomic E-state index is 12.2. The van der Waals surface area contributed by atoms with Crippen molar-refractivity contribution in [2.75, 3.05) is 36.5 Å². The fourth-order valence-electron chi connectivity index (χ4n) is 3.08. The Morgan fingerprint density at radius 1 is 1.28 bits per heavy atom. The minimum absolute atomic E-state index is 0.0106. The van der Waals surface area contributed by atoms with E-state index in [-0.39, 0.29) is 5.91 Å². The van der Waals surface area contributed by atoms with Gasteiger partial charge in [-0.3, -0.25) is 9.48 Å². The standard InChI is InChI=1S/C18H25N5O2/c1-13-16(14(2)22(3)21-13)5-7-18(24)20-15-4-6-17(19-12-15)23-8-10-25-11-9-23/h4,6,12H,5,7-11H2,1-3H3,(H,20,24). The van der Waals surface area contributed by atoms with E-state index in [0.717, 1.165) is 54.8 Å².